The highest BCUT2D eigenvalue weighted by atomic mass is 19.4. The van der Waals surface area contributed by atoms with Gasteiger partial charge in [0.2, 0.25) is 0 Å². The molecule has 0 saturated heterocycles. The Bertz CT molecular complexity index is 423. The maximum absolute atomic E-state index is 12.7. The van der Waals surface area contributed by atoms with Gasteiger partial charge in [-0.25, -0.2) is 0 Å². The Morgan fingerprint density at radius 2 is 1.72 bits per heavy atom. The van der Waals surface area contributed by atoms with Gasteiger partial charge in [0.05, 0.1) is 5.56 Å². The van der Waals surface area contributed by atoms with Gasteiger partial charge in [0.15, 0.2) is 0 Å². The summed E-state index contributed by atoms with van der Waals surface area (Å²) in [6.45, 7) is 1.53. The van der Waals surface area contributed by atoms with E-state index in [4.69, 9.17) is 5.73 Å². The molecule has 0 aliphatic rings. The third-order valence-corrected chi connectivity index (χ3v) is 2.37. The van der Waals surface area contributed by atoms with Crippen molar-refractivity contribution in [2.45, 2.75) is 31.7 Å². The second-order valence-electron chi connectivity index (χ2n) is 3.67. The lowest BCUT2D eigenvalue weighted by molar-refractivity contribution is -0.146. The molecule has 0 amide bonds. The first-order chi connectivity index (χ1) is 8.07. The fourth-order valence-electron chi connectivity index (χ4n) is 1.38. The van der Waals surface area contributed by atoms with E-state index in [2.05, 4.69) is 4.98 Å². The molecule has 0 aliphatic carbocycles. The van der Waals surface area contributed by atoms with Gasteiger partial charge in [-0.1, -0.05) is 6.92 Å². The summed E-state index contributed by atoms with van der Waals surface area (Å²) in [5, 5.41) is 0. The standard InChI is InChI=1S/C10H10F6N2/c1-2-7(17)5-4-18-8(10(14,15)16)3-6(5)9(11,12)13/h3-4,7H,2,17H2,1H3/t7-/m0/s1. The summed E-state index contributed by atoms with van der Waals surface area (Å²) >= 11 is 0. The number of rotatable bonds is 2. The van der Waals surface area contributed by atoms with Gasteiger partial charge < -0.3 is 5.73 Å². The van der Waals surface area contributed by atoms with E-state index < -0.39 is 35.2 Å². The molecule has 8 heteroatoms. The van der Waals surface area contributed by atoms with Crippen molar-refractivity contribution in [3.05, 3.63) is 29.1 Å². The Labute approximate surface area is 98.8 Å². The highest BCUT2D eigenvalue weighted by Gasteiger charge is 2.39. The van der Waals surface area contributed by atoms with E-state index in [1.807, 2.05) is 0 Å². The summed E-state index contributed by atoms with van der Waals surface area (Å²) in [7, 11) is 0. The first-order valence-corrected chi connectivity index (χ1v) is 4.97. The highest BCUT2D eigenvalue weighted by Crippen LogP contribution is 2.37. The van der Waals surface area contributed by atoms with Crippen LogP contribution >= 0.6 is 0 Å². The number of nitrogens with zero attached hydrogens (tertiary/aromatic N) is 1. The van der Waals surface area contributed by atoms with Gasteiger partial charge in [-0.05, 0) is 18.1 Å². The quantitative estimate of drug-likeness (QED) is 0.836. The topological polar surface area (TPSA) is 38.9 Å². The molecule has 0 aliphatic heterocycles. The molecule has 1 heterocycles. The number of hydrogen-bond donors (Lipinski definition) is 1. The molecule has 1 atom stereocenters. The molecule has 0 unspecified atom stereocenters. The fourth-order valence-corrected chi connectivity index (χ4v) is 1.38. The molecule has 1 rings (SSSR count). The zero-order chi connectivity index (χ0) is 14.1. The number of alkyl halides is 6. The maximum atomic E-state index is 12.7. The van der Waals surface area contributed by atoms with E-state index in [-0.39, 0.29) is 12.5 Å². The molecule has 1 aromatic heterocycles. The molecule has 0 aromatic carbocycles. The van der Waals surface area contributed by atoms with Crippen molar-refractivity contribution in [1.29, 1.82) is 0 Å². The first kappa shape index (κ1) is 14.7. The Morgan fingerprint density at radius 3 is 2.11 bits per heavy atom. The van der Waals surface area contributed by atoms with E-state index in [9.17, 15) is 26.3 Å². The highest BCUT2D eigenvalue weighted by molar-refractivity contribution is 5.32. The molecule has 0 bridgehead atoms. The summed E-state index contributed by atoms with van der Waals surface area (Å²) in [5.41, 5.74) is 2.03. The van der Waals surface area contributed by atoms with Crippen molar-refractivity contribution >= 4 is 0 Å². The van der Waals surface area contributed by atoms with Gasteiger partial charge in [0, 0.05) is 12.2 Å². The largest absolute Gasteiger partial charge is 0.433 e. The van der Waals surface area contributed by atoms with Crippen LogP contribution in [0.4, 0.5) is 26.3 Å². The number of halogens is 6. The van der Waals surface area contributed by atoms with Gasteiger partial charge >= 0.3 is 12.4 Å². The second kappa shape index (κ2) is 4.75. The number of hydrogen-bond acceptors (Lipinski definition) is 2. The zero-order valence-electron chi connectivity index (χ0n) is 9.23. The van der Waals surface area contributed by atoms with Crippen molar-refractivity contribution in [1.82, 2.24) is 4.98 Å². The molecule has 18 heavy (non-hydrogen) atoms. The number of nitrogens with two attached hydrogens (primary N) is 1. The lowest BCUT2D eigenvalue weighted by atomic mass is 10.0. The summed E-state index contributed by atoms with van der Waals surface area (Å²) in [6, 6.07) is -1.01. The predicted molar refractivity (Wildman–Crippen MR) is 51.5 cm³/mol. The van der Waals surface area contributed by atoms with Gasteiger partial charge in [-0.3, -0.25) is 4.98 Å². The fraction of sp³-hybridized carbons (Fsp3) is 0.500. The van der Waals surface area contributed by atoms with E-state index in [1.54, 1.807) is 0 Å². The first-order valence-electron chi connectivity index (χ1n) is 4.97. The molecular formula is C10H10F6N2. The average molecular weight is 272 g/mol. The van der Waals surface area contributed by atoms with E-state index in [0.717, 1.165) is 0 Å². The van der Waals surface area contributed by atoms with Gasteiger partial charge in [-0.15, -0.1) is 0 Å². The Morgan fingerprint density at radius 1 is 1.17 bits per heavy atom. The van der Waals surface area contributed by atoms with Crippen LogP contribution in [0.3, 0.4) is 0 Å². The van der Waals surface area contributed by atoms with E-state index >= 15 is 0 Å². The summed E-state index contributed by atoms with van der Waals surface area (Å²) in [6.07, 6.45) is -9.12. The van der Waals surface area contributed by atoms with Gasteiger partial charge in [-0.2, -0.15) is 26.3 Å². The molecule has 2 nitrogen and oxygen atoms in total. The molecule has 102 valence electrons. The Kier molecular flexibility index (Phi) is 3.89. The molecule has 0 radical (unpaired) electrons. The SMILES string of the molecule is CC[C@H](N)c1cnc(C(F)(F)F)cc1C(F)(F)F. The van der Waals surface area contributed by atoms with Crippen LogP contribution in [0.2, 0.25) is 0 Å². The van der Waals surface area contributed by atoms with Crippen LogP contribution in [0, 0.1) is 0 Å². The molecule has 1 aromatic rings. The zero-order valence-corrected chi connectivity index (χ0v) is 9.23. The van der Waals surface area contributed by atoms with Crippen molar-refractivity contribution in [3.63, 3.8) is 0 Å². The van der Waals surface area contributed by atoms with Crippen LogP contribution in [0.25, 0.3) is 0 Å². The van der Waals surface area contributed by atoms with Crippen molar-refractivity contribution in [2.24, 2.45) is 5.73 Å². The smallest absolute Gasteiger partial charge is 0.324 e. The number of aromatic nitrogens is 1. The predicted octanol–water partition coefficient (Wildman–Crippen LogP) is 3.53. The summed E-state index contributed by atoms with van der Waals surface area (Å²) in [5.74, 6) is 0. The molecule has 2 N–H and O–H groups in total. The maximum Gasteiger partial charge on any atom is 0.433 e. The average Bonchev–Trinajstić information content (AvgIpc) is 2.24. The minimum atomic E-state index is -4.92. The molecule has 0 fully saturated rings. The monoisotopic (exact) mass is 272 g/mol. The minimum Gasteiger partial charge on any atom is -0.324 e. The molecular weight excluding hydrogens is 262 g/mol. The third kappa shape index (κ3) is 3.12. The molecule has 0 saturated carbocycles. The van der Waals surface area contributed by atoms with Crippen molar-refractivity contribution < 1.29 is 26.3 Å². The van der Waals surface area contributed by atoms with Crippen LogP contribution < -0.4 is 5.73 Å². The number of pyridine rings is 1. The van der Waals surface area contributed by atoms with Gasteiger partial charge in [0.1, 0.15) is 5.69 Å². The Hall–Kier alpha value is -1.31. The van der Waals surface area contributed by atoms with Crippen LogP contribution in [0.5, 0.6) is 0 Å². The molecule has 0 spiro atoms. The normalized spacial score (nSPS) is 14.7. The lowest BCUT2D eigenvalue weighted by Crippen LogP contribution is -2.20. The summed E-state index contributed by atoms with van der Waals surface area (Å²) in [4.78, 5) is 2.99. The van der Waals surface area contributed by atoms with Crippen molar-refractivity contribution in [2.75, 3.05) is 0 Å². The Balaban J connectivity index is 3.40. The van der Waals surface area contributed by atoms with Crippen LogP contribution in [-0.4, -0.2) is 4.98 Å². The lowest BCUT2D eigenvalue weighted by Gasteiger charge is -2.18. The third-order valence-electron chi connectivity index (χ3n) is 2.37. The minimum absolute atomic E-state index is 0.00907. The van der Waals surface area contributed by atoms with Crippen LogP contribution in [-0.2, 0) is 12.4 Å². The summed E-state index contributed by atoms with van der Waals surface area (Å²) < 4.78 is 74.9. The second-order valence-corrected chi connectivity index (χ2v) is 3.67. The van der Waals surface area contributed by atoms with Crippen LogP contribution in [0.15, 0.2) is 12.3 Å². The van der Waals surface area contributed by atoms with E-state index in [0.29, 0.717) is 6.20 Å². The van der Waals surface area contributed by atoms with Crippen molar-refractivity contribution in [3.8, 4) is 0 Å². The van der Waals surface area contributed by atoms with Gasteiger partial charge in [0.25, 0.3) is 0 Å². The van der Waals surface area contributed by atoms with Crippen LogP contribution in [0.1, 0.15) is 36.2 Å². The van der Waals surface area contributed by atoms with E-state index in [1.165, 1.54) is 6.92 Å².